The summed E-state index contributed by atoms with van der Waals surface area (Å²) in [5.41, 5.74) is 3.81. The average molecular weight is 253 g/mol. The molecule has 0 aliphatic heterocycles. The van der Waals surface area contributed by atoms with Crippen molar-refractivity contribution in [3.63, 3.8) is 0 Å². The highest BCUT2D eigenvalue weighted by atomic mass is 14.6. The molecule has 1 heterocycles. The molecule has 1 unspecified atom stereocenters. The van der Waals surface area contributed by atoms with Gasteiger partial charge in [-0.3, -0.25) is 4.98 Å². The van der Waals surface area contributed by atoms with Crippen LogP contribution in [0.5, 0.6) is 0 Å². The van der Waals surface area contributed by atoms with E-state index in [2.05, 4.69) is 62.2 Å². The smallest absolute Gasteiger partial charge is 0.0704 e. The molecule has 1 aromatic heterocycles. The maximum Gasteiger partial charge on any atom is 0.0704 e. The predicted octanol–water partition coefficient (Wildman–Crippen LogP) is 5.39. The van der Waals surface area contributed by atoms with Crippen LogP contribution in [-0.2, 0) is 0 Å². The molecule has 0 spiro atoms. The highest BCUT2D eigenvalue weighted by Crippen LogP contribution is 2.27. The summed E-state index contributed by atoms with van der Waals surface area (Å²) in [6.45, 7) is 6.60. The lowest BCUT2D eigenvalue weighted by Gasteiger charge is -2.13. The summed E-state index contributed by atoms with van der Waals surface area (Å²) in [6, 6.07) is 8.79. The molecule has 0 saturated carbocycles. The van der Waals surface area contributed by atoms with Crippen molar-refractivity contribution in [2.75, 3.05) is 0 Å². The standard InChI is InChI=1S/C18H23N/c1-4-6-8-15(7-5-2)16-9-10-18-17(13-16)14(3)11-12-19-18/h6,8-13,15H,4-5,7H2,1-3H3/b8-6+. The monoisotopic (exact) mass is 253 g/mol. The molecule has 2 rings (SSSR count). The molecule has 0 saturated heterocycles. The van der Waals surface area contributed by atoms with E-state index in [-0.39, 0.29) is 0 Å². The van der Waals surface area contributed by atoms with Gasteiger partial charge in [0.25, 0.3) is 0 Å². The maximum atomic E-state index is 4.43. The van der Waals surface area contributed by atoms with Crippen LogP contribution in [0.2, 0.25) is 0 Å². The van der Waals surface area contributed by atoms with Gasteiger partial charge in [-0.25, -0.2) is 0 Å². The molecule has 0 N–H and O–H groups in total. The molecular weight excluding hydrogens is 230 g/mol. The van der Waals surface area contributed by atoms with Crippen LogP contribution >= 0.6 is 0 Å². The van der Waals surface area contributed by atoms with E-state index in [1.807, 2.05) is 6.20 Å². The largest absolute Gasteiger partial charge is 0.256 e. The number of benzene rings is 1. The number of aryl methyl sites for hydroxylation is 1. The topological polar surface area (TPSA) is 12.9 Å². The van der Waals surface area contributed by atoms with Gasteiger partial charge in [0.15, 0.2) is 0 Å². The molecule has 0 aliphatic rings. The first-order valence-corrected chi connectivity index (χ1v) is 7.28. The summed E-state index contributed by atoms with van der Waals surface area (Å²) in [5, 5.41) is 1.28. The number of rotatable bonds is 5. The van der Waals surface area contributed by atoms with Gasteiger partial charge in [-0.05, 0) is 49.1 Å². The van der Waals surface area contributed by atoms with Crippen LogP contribution in [-0.4, -0.2) is 4.98 Å². The van der Waals surface area contributed by atoms with Crippen LogP contribution in [0.15, 0.2) is 42.6 Å². The molecule has 0 fully saturated rings. The van der Waals surface area contributed by atoms with Gasteiger partial charge < -0.3 is 0 Å². The molecule has 0 amide bonds. The van der Waals surface area contributed by atoms with Gasteiger partial charge in [-0.15, -0.1) is 0 Å². The van der Waals surface area contributed by atoms with Crippen molar-refractivity contribution >= 4 is 10.9 Å². The zero-order valence-corrected chi connectivity index (χ0v) is 12.2. The van der Waals surface area contributed by atoms with E-state index in [1.54, 1.807) is 0 Å². The third-order valence-electron chi connectivity index (χ3n) is 3.62. The van der Waals surface area contributed by atoms with E-state index in [9.17, 15) is 0 Å². The molecule has 1 atom stereocenters. The quantitative estimate of drug-likeness (QED) is 0.651. The number of aromatic nitrogens is 1. The first kappa shape index (κ1) is 13.8. The highest BCUT2D eigenvalue weighted by molar-refractivity contribution is 5.82. The molecule has 1 nitrogen and oxygen atoms in total. The number of allylic oxidation sites excluding steroid dienone is 2. The SMILES string of the molecule is CC/C=C/C(CCC)c1ccc2nccc(C)c2c1. The van der Waals surface area contributed by atoms with Crippen LogP contribution in [0.25, 0.3) is 10.9 Å². The first-order chi connectivity index (χ1) is 9.26. The summed E-state index contributed by atoms with van der Waals surface area (Å²) in [4.78, 5) is 4.43. The summed E-state index contributed by atoms with van der Waals surface area (Å²) in [6.07, 6.45) is 10.0. The van der Waals surface area contributed by atoms with Gasteiger partial charge in [0.05, 0.1) is 5.52 Å². The molecular formula is C18H23N. The molecule has 1 aromatic carbocycles. The Bertz CT molecular complexity index is 569. The van der Waals surface area contributed by atoms with Crippen molar-refractivity contribution in [3.8, 4) is 0 Å². The van der Waals surface area contributed by atoms with Crippen LogP contribution in [0.1, 0.15) is 50.2 Å². The number of pyridine rings is 1. The normalized spacial score (nSPS) is 13.2. The van der Waals surface area contributed by atoms with Gasteiger partial charge in [0, 0.05) is 17.5 Å². The van der Waals surface area contributed by atoms with E-state index >= 15 is 0 Å². The Labute approximate surface area is 116 Å². The summed E-state index contributed by atoms with van der Waals surface area (Å²) in [5.74, 6) is 0.536. The minimum absolute atomic E-state index is 0.536. The Morgan fingerprint density at radius 1 is 1.21 bits per heavy atom. The van der Waals surface area contributed by atoms with Gasteiger partial charge in [-0.1, -0.05) is 38.5 Å². The lowest BCUT2D eigenvalue weighted by Crippen LogP contribution is -1.96. The lowest BCUT2D eigenvalue weighted by atomic mass is 9.92. The third kappa shape index (κ3) is 3.23. The molecule has 2 aromatic rings. The third-order valence-corrected chi connectivity index (χ3v) is 3.62. The molecule has 0 aliphatic carbocycles. The fourth-order valence-electron chi connectivity index (χ4n) is 2.52. The minimum Gasteiger partial charge on any atom is -0.256 e. The van der Waals surface area contributed by atoms with E-state index in [0.29, 0.717) is 5.92 Å². The number of hydrogen-bond acceptors (Lipinski definition) is 1. The Hall–Kier alpha value is -1.63. The van der Waals surface area contributed by atoms with Crippen molar-refractivity contribution in [1.29, 1.82) is 0 Å². The molecule has 0 radical (unpaired) electrons. The van der Waals surface area contributed by atoms with Gasteiger partial charge in [-0.2, -0.15) is 0 Å². The Morgan fingerprint density at radius 2 is 2.05 bits per heavy atom. The molecule has 100 valence electrons. The van der Waals surface area contributed by atoms with Gasteiger partial charge in [0.2, 0.25) is 0 Å². The second-order valence-corrected chi connectivity index (χ2v) is 5.14. The zero-order chi connectivity index (χ0) is 13.7. The highest BCUT2D eigenvalue weighted by Gasteiger charge is 2.08. The van der Waals surface area contributed by atoms with E-state index in [4.69, 9.17) is 0 Å². The number of hydrogen-bond donors (Lipinski definition) is 0. The van der Waals surface area contributed by atoms with Crippen molar-refractivity contribution in [1.82, 2.24) is 4.98 Å². The van der Waals surface area contributed by atoms with Crippen molar-refractivity contribution in [2.24, 2.45) is 0 Å². The Morgan fingerprint density at radius 3 is 2.79 bits per heavy atom. The molecule has 19 heavy (non-hydrogen) atoms. The fourth-order valence-corrected chi connectivity index (χ4v) is 2.52. The fraction of sp³-hybridized carbons (Fsp3) is 0.389. The number of fused-ring (bicyclic) bond motifs is 1. The summed E-state index contributed by atoms with van der Waals surface area (Å²) < 4.78 is 0. The second-order valence-electron chi connectivity index (χ2n) is 5.14. The average Bonchev–Trinajstić information content (AvgIpc) is 2.44. The predicted molar refractivity (Wildman–Crippen MR) is 83.6 cm³/mol. The zero-order valence-electron chi connectivity index (χ0n) is 12.2. The van der Waals surface area contributed by atoms with Gasteiger partial charge >= 0.3 is 0 Å². The minimum atomic E-state index is 0.536. The lowest BCUT2D eigenvalue weighted by molar-refractivity contribution is 0.716. The summed E-state index contributed by atoms with van der Waals surface area (Å²) >= 11 is 0. The van der Waals surface area contributed by atoms with Crippen molar-refractivity contribution < 1.29 is 0 Å². The Balaban J connectivity index is 2.42. The van der Waals surface area contributed by atoms with E-state index < -0.39 is 0 Å². The second kappa shape index (κ2) is 6.51. The Kier molecular flexibility index (Phi) is 4.73. The van der Waals surface area contributed by atoms with E-state index in [1.165, 1.54) is 29.4 Å². The van der Waals surface area contributed by atoms with Crippen LogP contribution in [0.4, 0.5) is 0 Å². The summed E-state index contributed by atoms with van der Waals surface area (Å²) in [7, 11) is 0. The van der Waals surface area contributed by atoms with Crippen molar-refractivity contribution in [2.45, 2.75) is 46.0 Å². The van der Waals surface area contributed by atoms with Crippen LogP contribution in [0.3, 0.4) is 0 Å². The molecule has 1 heteroatoms. The van der Waals surface area contributed by atoms with Crippen molar-refractivity contribution in [3.05, 3.63) is 53.7 Å². The van der Waals surface area contributed by atoms with Gasteiger partial charge in [0.1, 0.15) is 0 Å². The first-order valence-electron chi connectivity index (χ1n) is 7.28. The van der Waals surface area contributed by atoms with Crippen LogP contribution in [0, 0.1) is 6.92 Å². The van der Waals surface area contributed by atoms with E-state index in [0.717, 1.165) is 11.9 Å². The number of nitrogens with zero attached hydrogens (tertiary/aromatic N) is 1. The molecule has 0 bridgehead atoms. The maximum absolute atomic E-state index is 4.43. The van der Waals surface area contributed by atoms with Crippen LogP contribution < -0.4 is 0 Å².